The summed E-state index contributed by atoms with van der Waals surface area (Å²) < 4.78 is 2.11. The molecule has 0 radical (unpaired) electrons. The highest BCUT2D eigenvalue weighted by molar-refractivity contribution is 7.10. The molecule has 0 amide bonds. The number of aromatic nitrogens is 2. The van der Waals surface area contributed by atoms with E-state index in [9.17, 15) is 0 Å². The predicted molar refractivity (Wildman–Crippen MR) is 87.2 cm³/mol. The van der Waals surface area contributed by atoms with Crippen LogP contribution in [0.5, 0.6) is 0 Å². The summed E-state index contributed by atoms with van der Waals surface area (Å²) in [4.78, 5) is 6.02. The first-order valence-electron chi connectivity index (χ1n) is 7.33. The Kier molecular flexibility index (Phi) is 3.24. The second-order valence-electron chi connectivity index (χ2n) is 5.34. The van der Waals surface area contributed by atoms with Crippen molar-refractivity contribution >= 4 is 17.3 Å². The lowest BCUT2D eigenvalue weighted by Gasteiger charge is -2.24. The largest absolute Gasteiger partial charge is 0.349 e. The number of fused-ring (bicyclic) bond motifs is 1. The van der Waals surface area contributed by atoms with Crippen LogP contribution in [0.3, 0.4) is 0 Å². The Labute approximate surface area is 128 Å². The van der Waals surface area contributed by atoms with Gasteiger partial charge in [0.15, 0.2) is 0 Å². The Bertz CT molecular complexity index is 729. The molecule has 3 aromatic rings. The van der Waals surface area contributed by atoms with Crippen LogP contribution in [0, 0.1) is 0 Å². The Hall–Kier alpha value is -2.07. The average Bonchev–Trinajstić information content (AvgIpc) is 3.17. The van der Waals surface area contributed by atoms with E-state index in [2.05, 4.69) is 50.6 Å². The molecule has 0 saturated carbocycles. The number of aryl methyl sites for hydroxylation is 1. The molecule has 0 aliphatic heterocycles. The number of nitrogens with zero attached hydrogens (tertiary/aromatic N) is 2. The summed E-state index contributed by atoms with van der Waals surface area (Å²) in [6, 6.07) is 13.0. The minimum atomic E-state index is 0.380. The first-order valence-corrected chi connectivity index (χ1v) is 8.21. The summed E-state index contributed by atoms with van der Waals surface area (Å²) in [7, 11) is 0. The number of rotatable bonds is 3. The van der Waals surface area contributed by atoms with E-state index in [1.807, 2.05) is 29.8 Å². The van der Waals surface area contributed by atoms with Gasteiger partial charge in [0, 0.05) is 23.0 Å². The SMILES string of the molecule is c1ccc(-n2ccnc2NC2CCCc3sccc32)cc1. The van der Waals surface area contributed by atoms with Crippen LogP contribution in [-0.4, -0.2) is 9.55 Å². The third-order valence-corrected chi connectivity index (χ3v) is 5.03. The maximum absolute atomic E-state index is 4.50. The van der Waals surface area contributed by atoms with Gasteiger partial charge in [0.25, 0.3) is 0 Å². The fraction of sp³-hybridized carbons (Fsp3) is 0.235. The lowest BCUT2D eigenvalue weighted by molar-refractivity contribution is 0.603. The summed E-state index contributed by atoms with van der Waals surface area (Å²) in [6.07, 6.45) is 7.50. The van der Waals surface area contributed by atoms with E-state index in [0.717, 1.165) is 11.6 Å². The molecule has 106 valence electrons. The number of para-hydroxylation sites is 1. The van der Waals surface area contributed by atoms with E-state index in [4.69, 9.17) is 0 Å². The summed E-state index contributed by atoms with van der Waals surface area (Å²) >= 11 is 1.88. The van der Waals surface area contributed by atoms with Crippen LogP contribution in [0.4, 0.5) is 5.95 Å². The van der Waals surface area contributed by atoms with Crippen LogP contribution in [0.25, 0.3) is 5.69 Å². The van der Waals surface area contributed by atoms with Crippen molar-refractivity contribution in [3.63, 3.8) is 0 Å². The number of benzene rings is 1. The van der Waals surface area contributed by atoms with Crippen molar-refractivity contribution in [1.29, 1.82) is 0 Å². The van der Waals surface area contributed by atoms with Crippen LogP contribution in [0.1, 0.15) is 29.3 Å². The second-order valence-corrected chi connectivity index (χ2v) is 6.35. The molecule has 0 saturated heterocycles. The molecule has 4 heteroatoms. The minimum Gasteiger partial charge on any atom is -0.349 e. The molecule has 1 atom stereocenters. The van der Waals surface area contributed by atoms with Gasteiger partial charge in [0.1, 0.15) is 0 Å². The van der Waals surface area contributed by atoms with Crippen LogP contribution >= 0.6 is 11.3 Å². The molecule has 0 spiro atoms. The third-order valence-electron chi connectivity index (χ3n) is 4.03. The van der Waals surface area contributed by atoms with E-state index >= 15 is 0 Å². The third kappa shape index (κ3) is 2.36. The van der Waals surface area contributed by atoms with Gasteiger partial charge in [0.2, 0.25) is 5.95 Å². The van der Waals surface area contributed by atoms with Crippen molar-refractivity contribution in [1.82, 2.24) is 9.55 Å². The Morgan fingerprint density at radius 2 is 2.10 bits per heavy atom. The van der Waals surface area contributed by atoms with Crippen molar-refractivity contribution in [2.45, 2.75) is 25.3 Å². The highest BCUT2D eigenvalue weighted by Crippen LogP contribution is 2.35. The Morgan fingerprint density at radius 3 is 3.00 bits per heavy atom. The molecule has 21 heavy (non-hydrogen) atoms. The molecule has 2 aromatic heterocycles. The molecule has 1 N–H and O–H groups in total. The minimum absolute atomic E-state index is 0.380. The molecule has 1 aliphatic carbocycles. The monoisotopic (exact) mass is 295 g/mol. The molecule has 1 aromatic carbocycles. The van der Waals surface area contributed by atoms with E-state index < -0.39 is 0 Å². The number of nitrogens with one attached hydrogen (secondary N) is 1. The van der Waals surface area contributed by atoms with Gasteiger partial charge in [-0.25, -0.2) is 4.98 Å². The fourth-order valence-corrected chi connectivity index (χ4v) is 3.99. The maximum atomic E-state index is 4.50. The zero-order valence-corrected chi connectivity index (χ0v) is 12.5. The van der Waals surface area contributed by atoms with Gasteiger partial charge in [-0.1, -0.05) is 18.2 Å². The van der Waals surface area contributed by atoms with Gasteiger partial charge in [-0.15, -0.1) is 11.3 Å². The normalized spacial score (nSPS) is 17.4. The molecule has 2 heterocycles. The molecule has 3 nitrogen and oxygen atoms in total. The summed E-state index contributed by atoms with van der Waals surface area (Å²) in [6.45, 7) is 0. The van der Waals surface area contributed by atoms with Crippen LogP contribution in [0.15, 0.2) is 54.2 Å². The first kappa shape index (κ1) is 12.7. The Morgan fingerprint density at radius 1 is 1.19 bits per heavy atom. The molecule has 0 bridgehead atoms. The van der Waals surface area contributed by atoms with Crippen LogP contribution < -0.4 is 5.32 Å². The number of imidazole rings is 1. The number of thiophene rings is 1. The summed E-state index contributed by atoms with van der Waals surface area (Å²) in [5.41, 5.74) is 2.59. The topological polar surface area (TPSA) is 29.9 Å². The van der Waals surface area contributed by atoms with Gasteiger partial charge in [-0.2, -0.15) is 0 Å². The van der Waals surface area contributed by atoms with Crippen LogP contribution in [-0.2, 0) is 6.42 Å². The first-order chi connectivity index (χ1) is 10.4. The molecular weight excluding hydrogens is 278 g/mol. The number of hydrogen-bond acceptors (Lipinski definition) is 3. The predicted octanol–water partition coefficient (Wildman–Crippen LogP) is 4.42. The van der Waals surface area contributed by atoms with Crippen molar-refractivity contribution in [2.75, 3.05) is 5.32 Å². The smallest absolute Gasteiger partial charge is 0.207 e. The zero-order valence-electron chi connectivity index (χ0n) is 11.7. The molecular formula is C17H17N3S. The zero-order chi connectivity index (χ0) is 14.1. The molecule has 1 unspecified atom stereocenters. The highest BCUT2D eigenvalue weighted by atomic mass is 32.1. The van der Waals surface area contributed by atoms with E-state index in [-0.39, 0.29) is 0 Å². The standard InChI is InChI=1S/C17H17N3S/c1-2-5-13(6-3-1)20-11-10-18-17(20)19-15-7-4-8-16-14(15)9-12-21-16/h1-3,5-6,9-12,15H,4,7-8H2,(H,18,19). The van der Waals surface area contributed by atoms with Crippen molar-refractivity contribution in [2.24, 2.45) is 0 Å². The van der Waals surface area contributed by atoms with Gasteiger partial charge < -0.3 is 5.32 Å². The lowest BCUT2D eigenvalue weighted by Crippen LogP contribution is -2.17. The summed E-state index contributed by atoms with van der Waals surface area (Å²) in [5, 5.41) is 5.83. The van der Waals surface area contributed by atoms with Crippen LogP contribution in [0.2, 0.25) is 0 Å². The number of anilines is 1. The Balaban J connectivity index is 1.64. The maximum Gasteiger partial charge on any atom is 0.207 e. The van der Waals surface area contributed by atoms with Gasteiger partial charge >= 0.3 is 0 Å². The second kappa shape index (κ2) is 5.37. The number of hydrogen-bond donors (Lipinski definition) is 1. The van der Waals surface area contributed by atoms with E-state index in [0.29, 0.717) is 6.04 Å². The van der Waals surface area contributed by atoms with Crippen molar-refractivity contribution < 1.29 is 0 Å². The molecule has 4 rings (SSSR count). The average molecular weight is 295 g/mol. The lowest BCUT2D eigenvalue weighted by atomic mass is 9.94. The van der Waals surface area contributed by atoms with Crippen molar-refractivity contribution in [3.8, 4) is 5.69 Å². The van der Waals surface area contributed by atoms with E-state index in [1.54, 1.807) is 0 Å². The molecule has 0 fully saturated rings. The molecule has 1 aliphatic rings. The van der Waals surface area contributed by atoms with E-state index in [1.165, 1.54) is 29.7 Å². The van der Waals surface area contributed by atoms with Gasteiger partial charge in [-0.05, 0) is 48.4 Å². The summed E-state index contributed by atoms with van der Waals surface area (Å²) in [5.74, 6) is 0.922. The van der Waals surface area contributed by atoms with Gasteiger partial charge in [0.05, 0.1) is 6.04 Å². The quantitative estimate of drug-likeness (QED) is 0.775. The van der Waals surface area contributed by atoms with Gasteiger partial charge in [-0.3, -0.25) is 4.57 Å². The fourth-order valence-electron chi connectivity index (χ4n) is 3.00. The van der Waals surface area contributed by atoms with Crippen molar-refractivity contribution in [3.05, 3.63) is 64.6 Å². The highest BCUT2D eigenvalue weighted by Gasteiger charge is 2.22.